The smallest absolute Gasteiger partial charge is 0.0443 e. The van der Waals surface area contributed by atoms with Crippen LogP contribution in [0.5, 0.6) is 0 Å². The maximum Gasteiger partial charge on any atom is -0.0443 e. The highest BCUT2D eigenvalue weighted by Crippen LogP contribution is 2.17. The van der Waals surface area contributed by atoms with Gasteiger partial charge in [-0.15, -0.1) is 0 Å². The zero-order valence-electron chi connectivity index (χ0n) is 14.2. The van der Waals surface area contributed by atoms with E-state index in [1.54, 1.807) is 0 Å². The summed E-state index contributed by atoms with van der Waals surface area (Å²) in [5.41, 5.74) is 0. The molecule has 124 valence electrons. The topological polar surface area (TPSA) is 0 Å². The molecule has 0 bridgehead atoms. The number of rotatable bonds is 15. The van der Waals surface area contributed by atoms with Crippen LogP contribution >= 0.6 is 0 Å². The van der Waals surface area contributed by atoms with Crippen molar-refractivity contribution in [1.82, 2.24) is 0 Å². The predicted molar refractivity (Wildman–Crippen MR) is 96.5 cm³/mol. The van der Waals surface area contributed by atoms with Crippen molar-refractivity contribution in [3.05, 3.63) is 0 Å². The molecule has 20 heavy (non-hydrogen) atoms. The molecular formula is C20H44. The second kappa shape index (κ2) is 19.0. The molecule has 0 rings (SSSR count). The van der Waals surface area contributed by atoms with E-state index >= 15 is 0 Å². The molecule has 0 fully saturated rings. The lowest BCUT2D eigenvalue weighted by molar-refractivity contribution is 0.435. The Morgan fingerprint density at radius 3 is 1.25 bits per heavy atom. The third-order valence-corrected chi connectivity index (χ3v) is 4.35. The van der Waals surface area contributed by atoms with Crippen molar-refractivity contribution in [1.29, 1.82) is 0 Å². The summed E-state index contributed by atoms with van der Waals surface area (Å²) in [6.45, 7) is 7.04. The van der Waals surface area contributed by atoms with Gasteiger partial charge in [-0.05, 0) is 5.92 Å². The quantitative estimate of drug-likeness (QED) is 0.266. The highest BCUT2D eigenvalue weighted by molar-refractivity contribution is 4.55. The second-order valence-corrected chi connectivity index (χ2v) is 6.57. The van der Waals surface area contributed by atoms with Gasteiger partial charge in [0.15, 0.2) is 0 Å². The number of unbranched alkanes of at least 4 members (excludes halogenated alkanes) is 11. The van der Waals surface area contributed by atoms with Crippen LogP contribution in [0.25, 0.3) is 0 Å². The second-order valence-electron chi connectivity index (χ2n) is 6.57. The molecule has 0 aromatic rings. The highest BCUT2D eigenvalue weighted by atomic mass is 14.1. The fourth-order valence-electron chi connectivity index (χ4n) is 2.87. The maximum atomic E-state index is 2.45. The van der Waals surface area contributed by atoms with Crippen LogP contribution in [0, 0.1) is 5.92 Å². The first kappa shape index (κ1) is 22.3. The SMILES string of the molecule is C.CCCCCCCCCCCCC(C)CCCCC. The maximum absolute atomic E-state index is 2.45. The molecule has 0 aliphatic rings. The van der Waals surface area contributed by atoms with Crippen molar-refractivity contribution in [3.8, 4) is 0 Å². The van der Waals surface area contributed by atoms with Crippen LogP contribution in [-0.2, 0) is 0 Å². The van der Waals surface area contributed by atoms with Gasteiger partial charge in [-0.25, -0.2) is 0 Å². The Morgan fingerprint density at radius 1 is 0.500 bits per heavy atom. The van der Waals surface area contributed by atoms with Gasteiger partial charge in [-0.1, -0.05) is 125 Å². The summed E-state index contributed by atoms with van der Waals surface area (Å²) in [6.07, 6.45) is 21.8. The minimum Gasteiger partial charge on any atom is -0.0776 e. The van der Waals surface area contributed by atoms with Crippen LogP contribution in [0.2, 0.25) is 0 Å². The third kappa shape index (κ3) is 18.0. The van der Waals surface area contributed by atoms with E-state index < -0.39 is 0 Å². The average Bonchev–Trinajstić information content (AvgIpc) is 2.41. The van der Waals surface area contributed by atoms with Gasteiger partial charge in [0.1, 0.15) is 0 Å². The molecular weight excluding hydrogens is 240 g/mol. The Balaban J connectivity index is 0. The molecule has 0 aromatic carbocycles. The van der Waals surface area contributed by atoms with Crippen LogP contribution < -0.4 is 0 Å². The van der Waals surface area contributed by atoms with E-state index in [4.69, 9.17) is 0 Å². The Labute approximate surface area is 131 Å². The lowest BCUT2D eigenvalue weighted by Gasteiger charge is -2.10. The van der Waals surface area contributed by atoms with E-state index in [1.807, 2.05) is 0 Å². The summed E-state index contributed by atoms with van der Waals surface area (Å²) in [7, 11) is 0. The Bertz CT molecular complexity index is 150. The lowest BCUT2D eigenvalue weighted by Crippen LogP contribution is -1.94. The zero-order chi connectivity index (χ0) is 14.2. The molecule has 0 saturated carbocycles. The minimum atomic E-state index is 0. The largest absolute Gasteiger partial charge is 0.0776 e. The third-order valence-electron chi connectivity index (χ3n) is 4.35. The molecule has 0 aromatic heterocycles. The summed E-state index contributed by atoms with van der Waals surface area (Å²) in [4.78, 5) is 0. The van der Waals surface area contributed by atoms with Gasteiger partial charge < -0.3 is 0 Å². The van der Waals surface area contributed by atoms with Crippen molar-refractivity contribution in [3.63, 3.8) is 0 Å². The molecule has 0 aliphatic heterocycles. The summed E-state index contributed by atoms with van der Waals surface area (Å²) in [5, 5.41) is 0. The van der Waals surface area contributed by atoms with Crippen LogP contribution in [0.3, 0.4) is 0 Å². The van der Waals surface area contributed by atoms with Crippen LogP contribution in [-0.4, -0.2) is 0 Å². The molecule has 1 unspecified atom stereocenters. The average molecular weight is 285 g/mol. The number of hydrogen-bond donors (Lipinski definition) is 0. The van der Waals surface area contributed by atoms with Gasteiger partial charge in [0.25, 0.3) is 0 Å². The monoisotopic (exact) mass is 284 g/mol. The summed E-state index contributed by atoms with van der Waals surface area (Å²) < 4.78 is 0. The minimum absolute atomic E-state index is 0. The van der Waals surface area contributed by atoms with Gasteiger partial charge >= 0.3 is 0 Å². The number of hydrogen-bond acceptors (Lipinski definition) is 0. The molecule has 1 atom stereocenters. The Kier molecular flexibility index (Phi) is 21.2. The predicted octanol–water partition coefficient (Wildman–Crippen LogP) is 8.15. The van der Waals surface area contributed by atoms with E-state index in [1.165, 1.54) is 96.3 Å². The van der Waals surface area contributed by atoms with Gasteiger partial charge in [0.2, 0.25) is 0 Å². The Morgan fingerprint density at radius 2 is 0.800 bits per heavy atom. The highest BCUT2D eigenvalue weighted by Gasteiger charge is 2.01. The van der Waals surface area contributed by atoms with Crippen LogP contribution in [0.1, 0.15) is 125 Å². The molecule has 0 amide bonds. The van der Waals surface area contributed by atoms with Crippen LogP contribution in [0.15, 0.2) is 0 Å². The normalized spacial score (nSPS) is 12.2. The lowest BCUT2D eigenvalue weighted by atomic mass is 9.96. The molecule has 0 heterocycles. The Hall–Kier alpha value is 0. The van der Waals surface area contributed by atoms with Gasteiger partial charge in [0, 0.05) is 0 Å². The van der Waals surface area contributed by atoms with Crippen molar-refractivity contribution in [2.45, 2.75) is 125 Å². The molecule has 0 heteroatoms. The molecule has 0 radical (unpaired) electrons. The summed E-state index contributed by atoms with van der Waals surface area (Å²) in [6, 6.07) is 0. The zero-order valence-corrected chi connectivity index (χ0v) is 14.2. The van der Waals surface area contributed by atoms with E-state index in [0.29, 0.717) is 0 Å². The van der Waals surface area contributed by atoms with E-state index in [0.717, 1.165) is 5.92 Å². The molecule has 0 N–H and O–H groups in total. The van der Waals surface area contributed by atoms with Gasteiger partial charge in [0.05, 0.1) is 0 Å². The summed E-state index contributed by atoms with van der Waals surface area (Å²) in [5.74, 6) is 0.973. The fourth-order valence-corrected chi connectivity index (χ4v) is 2.87. The van der Waals surface area contributed by atoms with Crippen molar-refractivity contribution in [2.24, 2.45) is 5.92 Å². The van der Waals surface area contributed by atoms with Gasteiger partial charge in [-0.3, -0.25) is 0 Å². The van der Waals surface area contributed by atoms with E-state index in [-0.39, 0.29) is 7.43 Å². The molecule has 0 nitrogen and oxygen atoms in total. The first-order chi connectivity index (χ1) is 9.31. The van der Waals surface area contributed by atoms with Crippen molar-refractivity contribution in [2.75, 3.05) is 0 Å². The fraction of sp³-hybridized carbons (Fsp3) is 1.00. The first-order valence-electron chi connectivity index (χ1n) is 9.31. The van der Waals surface area contributed by atoms with E-state index in [2.05, 4.69) is 20.8 Å². The first-order valence-corrected chi connectivity index (χ1v) is 9.31. The van der Waals surface area contributed by atoms with Crippen LogP contribution in [0.4, 0.5) is 0 Å². The standard InChI is InChI=1S/C19H40.CH4/c1-4-6-8-9-10-11-12-13-14-16-18-19(3)17-15-7-5-2;/h19H,4-18H2,1-3H3;1H4. The summed E-state index contributed by atoms with van der Waals surface area (Å²) >= 11 is 0. The van der Waals surface area contributed by atoms with Crippen molar-refractivity contribution >= 4 is 0 Å². The molecule has 0 saturated heterocycles. The molecule has 0 aliphatic carbocycles. The van der Waals surface area contributed by atoms with E-state index in [9.17, 15) is 0 Å². The van der Waals surface area contributed by atoms with Gasteiger partial charge in [-0.2, -0.15) is 0 Å². The molecule has 0 spiro atoms. The van der Waals surface area contributed by atoms with Crippen molar-refractivity contribution < 1.29 is 0 Å².